The number of rotatable bonds is 11. The Hall–Kier alpha value is -5.01. The molecule has 2 aliphatic heterocycles. The lowest BCUT2D eigenvalue weighted by atomic mass is 9.82. The highest BCUT2D eigenvalue weighted by Gasteiger charge is 2.66. The maximum absolute atomic E-state index is 15.2. The van der Waals surface area contributed by atoms with Gasteiger partial charge in [0, 0.05) is 42.3 Å². The Morgan fingerprint density at radius 1 is 1.02 bits per heavy atom. The lowest BCUT2D eigenvalue weighted by molar-refractivity contribution is -0.146. The van der Waals surface area contributed by atoms with Crippen LogP contribution in [0.25, 0.3) is 16.6 Å². The number of fused-ring (bicyclic) bond motifs is 3. The second-order valence-electron chi connectivity index (χ2n) is 14.9. The number of amides is 1. The summed E-state index contributed by atoms with van der Waals surface area (Å²) >= 11 is 6.71. The van der Waals surface area contributed by atoms with Crippen molar-refractivity contribution in [3.63, 3.8) is 0 Å². The van der Waals surface area contributed by atoms with Gasteiger partial charge in [-0.2, -0.15) is 0 Å². The second kappa shape index (κ2) is 14.0. The number of para-hydroxylation sites is 1. The van der Waals surface area contributed by atoms with Crippen molar-refractivity contribution in [2.75, 3.05) is 18.6 Å². The van der Waals surface area contributed by atoms with Gasteiger partial charge in [0.05, 0.1) is 55.8 Å². The number of H-pyrrole nitrogens is 1. The number of nitrogens with one attached hydrogen (secondary N) is 1. The average molecular weight is 763 g/mol. The Labute approximate surface area is 319 Å². The Morgan fingerprint density at radius 2 is 1.78 bits per heavy atom. The Morgan fingerprint density at radius 3 is 2.50 bits per heavy atom. The molecule has 6 aromatic rings. The van der Waals surface area contributed by atoms with Crippen molar-refractivity contribution in [3.8, 4) is 11.4 Å². The molecule has 1 amide bonds. The van der Waals surface area contributed by atoms with E-state index in [9.17, 15) is 9.90 Å². The molecule has 4 heterocycles. The zero-order valence-electron chi connectivity index (χ0n) is 30.7. The van der Waals surface area contributed by atoms with Crippen molar-refractivity contribution in [2.45, 2.75) is 63.2 Å². The van der Waals surface area contributed by atoms with Crippen LogP contribution < -0.4 is 20.4 Å². The SMILES string of the molecule is COc1ccc([Si](C)(C)[C@@H]2[C@@H](CCn3cc(CCO)nn3)O[C@]3(C(=O)N(Cc4ccc(-n5[nH]c6ccccc6c5=O)cc4)c4ccc(Cl)cc43)[C@H]2C)cc1. The van der Waals surface area contributed by atoms with Crippen LogP contribution in [0, 0.1) is 5.92 Å². The molecule has 0 saturated carbocycles. The largest absolute Gasteiger partial charge is 0.497 e. The molecule has 0 radical (unpaired) electrons. The van der Waals surface area contributed by atoms with Crippen LogP contribution in [0.5, 0.6) is 5.75 Å². The maximum Gasteiger partial charge on any atom is 0.279 e. The summed E-state index contributed by atoms with van der Waals surface area (Å²) in [4.78, 5) is 30.1. The minimum atomic E-state index is -2.36. The number of hydrogen-bond donors (Lipinski definition) is 2. The van der Waals surface area contributed by atoms with Crippen LogP contribution in [-0.2, 0) is 34.6 Å². The number of aryl methyl sites for hydroxylation is 1. The third-order valence-electron chi connectivity index (χ3n) is 11.5. The molecule has 8 rings (SSSR count). The number of aliphatic hydroxyl groups is 1. The molecule has 0 bridgehead atoms. The number of halogens is 1. The lowest BCUT2D eigenvalue weighted by Crippen LogP contribution is -2.51. The fourth-order valence-electron chi connectivity index (χ4n) is 8.82. The summed E-state index contributed by atoms with van der Waals surface area (Å²) < 4.78 is 16.1. The van der Waals surface area contributed by atoms with Crippen LogP contribution >= 0.6 is 11.6 Å². The molecule has 1 saturated heterocycles. The van der Waals surface area contributed by atoms with E-state index in [0.29, 0.717) is 42.0 Å². The van der Waals surface area contributed by atoms with Gasteiger partial charge in [0.2, 0.25) is 0 Å². The van der Waals surface area contributed by atoms with E-state index in [1.54, 1.807) is 11.8 Å². The topological polar surface area (TPSA) is 127 Å². The first-order valence-corrected chi connectivity index (χ1v) is 21.7. The van der Waals surface area contributed by atoms with Gasteiger partial charge in [0.1, 0.15) is 5.75 Å². The molecular formula is C41H43ClN6O5Si. The van der Waals surface area contributed by atoms with Crippen molar-refractivity contribution >= 4 is 47.4 Å². The van der Waals surface area contributed by atoms with E-state index < -0.39 is 13.7 Å². The normalized spacial score (nSPS) is 21.0. The van der Waals surface area contributed by atoms with Crippen LogP contribution in [0.4, 0.5) is 5.69 Å². The number of carbonyl (C=O) groups excluding carboxylic acids is 1. The van der Waals surface area contributed by atoms with Crippen molar-refractivity contribution in [1.29, 1.82) is 0 Å². The fourth-order valence-corrected chi connectivity index (χ4v) is 13.1. The van der Waals surface area contributed by atoms with E-state index in [2.05, 4.69) is 47.6 Å². The van der Waals surface area contributed by atoms with Gasteiger partial charge in [-0.05, 0) is 72.1 Å². The van der Waals surface area contributed by atoms with Crippen LogP contribution in [0.15, 0.2) is 102 Å². The minimum Gasteiger partial charge on any atom is -0.497 e. The van der Waals surface area contributed by atoms with E-state index in [0.717, 1.165) is 33.8 Å². The van der Waals surface area contributed by atoms with Gasteiger partial charge in [0.25, 0.3) is 11.5 Å². The molecular weight excluding hydrogens is 720 g/mol. The number of carbonyl (C=O) groups is 1. The number of benzene rings is 4. The molecule has 2 N–H and O–H groups in total. The predicted octanol–water partition coefficient (Wildman–Crippen LogP) is 5.96. The first kappa shape index (κ1) is 36.0. The van der Waals surface area contributed by atoms with Crippen molar-refractivity contribution in [2.24, 2.45) is 5.92 Å². The third kappa shape index (κ3) is 5.97. The number of anilines is 1. The molecule has 2 aliphatic rings. The summed E-state index contributed by atoms with van der Waals surface area (Å²) in [5.41, 5.74) is 3.33. The fraction of sp³-hybridized carbons (Fsp3) is 0.317. The van der Waals surface area contributed by atoms with Crippen LogP contribution in [0.2, 0.25) is 23.7 Å². The number of methoxy groups -OCH3 is 1. The highest BCUT2D eigenvalue weighted by Crippen LogP contribution is 2.60. The molecule has 4 aromatic carbocycles. The lowest BCUT2D eigenvalue weighted by Gasteiger charge is -2.37. The van der Waals surface area contributed by atoms with E-state index >= 15 is 4.79 Å². The molecule has 278 valence electrons. The zero-order chi connectivity index (χ0) is 37.8. The van der Waals surface area contributed by atoms with Gasteiger partial charge in [-0.15, -0.1) is 5.10 Å². The van der Waals surface area contributed by atoms with Crippen LogP contribution in [-0.4, -0.2) is 63.7 Å². The number of aromatic nitrogens is 5. The summed E-state index contributed by atoms with van der Waals surface area (Å²) in [5.74, 6) is 0.489. The minimum absolute atomic E-state index is 0.00301. The van der Waals surface area contributed by atoms with Gasteiger partial charge < -0.3 is 19.5 Å². The van der Waals surface area contributed by atoms with Crippen molar-refractivity contribution in [1.82, 2.24) is 24.8 Å². The van der Waals surface area contributed by atoms with Gasteiger partial charge >= 0.3 is 0 Å². The summed E-state index contributed by atoms with van der Waals surface area (Å²) in [6.45, 7) is 7.74. The van der Waals surface area contributed by atoms with Gasteiger partial charge in [-0.1, -0.05) is 78.4 Å². The number of hydrogen-bond acceptors (Lipinski definition) is 7. The third-order valence-corrected chi connectivity index (χ3v) is 16.1. The first-order chi connectivity index (χ1) is 26.0. The molecule has 2 aromatic heterocycles. The highest BCUT2D eigenvalue weighted by molar-refractivity contribution is 6.91. The average Bonchev–Trinajstić information content (AvgIpc) is 3.91. The molecule has 1 fully saturated rings. The Bertz CT molecular complexity index is 2390. The van der Waals surface area contributed by atoms with E-state index in [1.165, 1.54) is 9.87 Å². The summed E-state index contributed by atoms with van der Waals surface area (Å²) in [5, 5.41) is 23.6. The molecule has 0 aliphatic carbocycles. The van der Waals surface area contributed by atoms with E-state index in [4.69, 9.17) is 21.1 Å². The first-order valence-electron chi connectivity index (χ1n) is 18.3. The number of aromatic amines is 1. The smallest absolute Gasteiger partial charge is 0.279 e. The van der Waals surface area contributed by atoms with Gasteiger partial charge in [0.15, 0.2) is 5.60 Å². The zero-order valence-corrected chi connectivity index (χ0v) is 32.5. The maximum atomic E-state index is 15.2. The van der Waals surface area contributed by atoms with Crippen molar-refractivity contribution in [3.05, 3.63) is 129 Å². The molecule has 13 heteroatoms. The molecule has 1 spiro atoms. The molecule has 4 atom stereocenters. The Balaban J connectivity index is 1.14. The van der Waals surface area contributed by atoms with Gasteiger partial charge in [-0.3, -0.25) is 19.4 Å². The number of nitrogens with zero attached hydrogens (tertiary/aromatic N) is 5. The Kier molecular flexibility index (Phi) is 9.33. The summed E-state index contributed by atoms with van der Waals surface area (Å²) in [6, 6.07) is 29.1. The van der Waals surface area contributed by atoms with E-state index in [1.807, 2.05) is 90.0 Å². The predicted molar refractivity (Wildman–Crippen MR) is 212 cm³/mol. The summed E-state index contributed by atoms with van der Waals surface area (Å²) in [7, 11) is -0.691. The standard InChI is InChI=1S/C41H43ClN6O5Si/c1-26-38(54(3,4)32-16-14-31(52-2)15-17-32)37(19-21-46-25-29(20-22-49)43-45-46)53-41(26)34-23-28(42)11-18-36(34)47(40(41)51)24-27-9-12-30(13-10-27)48-39(50)33-7-5-6-8-35(33)44-48/h5-18,23,25-26,37-38,44,49H,19-22,24H2,1-4H3/t26-,37+,38-,41+/m0/s1. The van der Waals surface area contributed by atoms with Gasteiger partial charge in [-0.25, -0.2) is 4.68 Å². The number of ether oxygens (including phenoxy) is 2. The quantitative estimate of drug-likeness (QED) is 0.156. The number of aliphatic hydroxyl groups excluding tert-OH is 1. The molecule has 11 nitrogen and oxygen atoms in total. The van der Waals surface area contributed by atoms with Crippen LogP contribution in [0.3, 0.4) is 0 Å². The molecule has 54 heavy (non-hydrogen) atoms. The highest BCUT2D eigenvalue weighted by atomic mass is 35.5. The van der Waals surface area contributed by atoms with Crippen molar-refractivity contribution < 1.29 is 19.4 Å². The second-order valence-corrected chi connectivity index (χ2v) is 20.0. The van der Waals surface area contributed by atoms with Crippen LogP contribution in [0.1, 0.15) is 30.2 Å². The van der Waals surface area contributed by atoms with E-state index in [-0.39, 0.29) is 35.6 Å². The summed E-state index contributed by atoms with van der Waals surface area (Å²) in [6.07, 6.45) is 2.64. The monoisotopic (exact) mass is 762 g/mol. The molecule has 0 unspecified atom stereocenters.